The molecule has 9 heavy (non-hydrogen) atoms. The molecule has 0 bridgehead atoms. The molecule has 1 unspecified atom stereocenters. The van der Waals surface area contributed by atoms with Crippen LogP contribution >= 0.6 is 23.9 Å². The van der Waals surface area contributed by atoms with E-state index >= 15 is 0 Å². The normalized spacial score (nSPS) is 31.3. The van der Waals surface area contributed by atoms with Gasteiger partial charge in [-0.05, 0) is 19.0 Å². The molecule has 0 aromatic rings. The standard InChI is InChI=1S/C7H13P.BrH/c1-3-8(2)6-4-5-7-8;/h4-6H,3,7H2,1-2H3;1H. The molecule has 0 amide bonds. The Morgan fingerprint density at radius 3 is 2.44 bits per heavy atom. The molecule has 0 aromatic carbocycles. The zero-order valence-electron chi connectivity index (χ0n) is 6.00. The number of hydrogen-bond acceptors (Lipinski definition) is 0. The van der Waals surface area contributed by atoms with Gasteiger partial charge in [0.15, 0.2) is 0 Å². The Morgan fingerprint density at radius 2 is 2.22 bits per heavy atom. The lowest BCUT2D eigenvalue weighted by molar-refractivity contribution is 1.47. The van der Waals surface area contributed by atoms with E-state index in [0.717, 1.165) is 0 Å². The third-order valence-corrected chi connectivity index (χ3v) is 5.21. The van der Waals surface area contributed by atoms with Gasteiger partial charge < -0.3 is 0 Å². The molecule has 1 heterocycles. The second-order valence-corrected chi connectivity index (χ2v) is 6.81. The van der Waals surface area contributed by atoms with Gasteiger partial charge in [0.05, 0.1) is 0 Å². The van der Waals surface area contributed by atoms with Gasteiger partial charge in [0.25, 0.3) is 0 Å². The van der Waals surface area contributed by atoms with Crippen LogP contribution in [0.3, 0.4) is 0 Å². The van der Waals surface area contributed by atoms with Crippen LogP contribution in [0.5, 0.6) is 0 Å². The van der Waals surface area contributed by atoms with Gasteiger partial charge in [-0.15, -0.1) is 23.9 Å². The first-order chi connectivity index (χ1) is 3.77. The molecule has 54 valence electrons. The molecule has 1 rings (SSSR count). The van der Waals surface area contributed by atoms with Crippen molar-refractivity contribution in [1.82, 2.24) is 0 Å². The Morgan fingerprint density at radius 1 is 1.56 bits per heavy atom. The summed E-state index contributed by atoms with van der Waals surface area (Å²) in [6, 6.07) is 0. The summed E-state index contributed by atoms with van der Waals surface area (Å²) in [7, 11) is 0. The van der Waals surface area contributed by atoms with Crippen LogP contribution < -0.4 is 0 Å². The summed E-state index contributed by atoms with van der Waals surface area (Å²) in [5, 5.41) is 0. The zero-order chi connectivity index (χ0) is 6.04. The fraction of sp³-hybridized carbons (Fsp3) is 0.571. The van der Waals surface area contributed by atoms with Gasteiger partial charge in [0.2, 0.25) is 0 Å². The number of hydrogen-bond donors (Lipinski definition) is 0. The number of rotatable bonds is 1. The number of halogens is 1. The highest BCUT2D eigenvalue weighted by molar-refractivity contribution is 8.93. The van der Waals surface area contributed by atoms with E-state index in [0.29, 0.717) is 0 Å². The van der Waals surface area contributed by atoms with Crippen molar-refractivity contribution in [2.75, 3.05) is 19.0 Å². The van der Waals surface area contributed by atoms with E-state index in [1.165, 1.54) is 12.3 Å². The summed E-state index contributed by atoms with van der Waals surface area (Å²) in [5.41, 5.74) is 0. The lowest BCUT2D eigenvalue weighted by Crippen LogP contribution is -1.84. The van der Waals surface area contributed by atoms with Crippen LogP contribution in [0.1, 0.15) is 6.92 Å². The minimum atomic E-state index is -0.537. The third-order valence-electron chi connectivity index (χ3n) is 1.83. The van der Waals surface area contributed by atoms with Crippen molar-refractivity contribution in [3.8, 4) is 0 Å². The highest BCUT2D eigenvalue weighted by atomic mass is 79.9. The largest absolute Gasteiger partial charge is 0.114 e. The van der Waals surface area contributed by atoms with Crippen molar-refractivity contribution in [2.24, 2.45) is 0 Å². The first-order valence-corrected chi connectivity index (χ1v) is 5.80. The Kier molecular flexibility index (Phi) is 3.84. The van der Waals surface area contributed by atoms with Gasteiger partial charge in [0.1, 0.15) is 0 Å². The average Bonchev–Trinajstić information content (AvgIpc) is 2.17. The lowest BCUT2D eigenvalue weighted by Gasteiger charge is -2.10. The Labute approximate surface area is 68.1 Å². The Balaban J connectivity index is 0.000000640. The van der Waals surface area contributed by atoms with Crippen LogP contribution in [0, 0.1) is 0 Å². The molecule has 1 atom stereocenters. The van der Waals surface area contributed by atoms with Gasteiger partial charge in [-0.2, -0.15) is 0 Å². The summed E-state index contributed by atoms with van der Waals surface area (Å²) >= 11 is 0. The fourth-order valence-corrected chi connectivity index (χ4v) is 2.60. The van der Waals surface area contributed by atoms with E-state index in [1.54, 1.807) is 0 Å². The summed E-state index contributed by atoms with van der Waals surface area (Å²) < 4.78 is 0. The lowest BCUT2D eigenvalue weighted by atomic mass is 10.6. The molecular weight excluding hydrogens is 195 g/mol. The van der Waals surface area contributed by atoms with E-state index < -0.39 is 6.89 Å². The maximum absolute atomic E-state index is 2.41. The van der Waals surface area contributed by atoms with Crippen LogP contribution in [0.25, 0.3) is 0 Å². The third kappa shape index (κ3) is 2.31. The molecule has 0 saturated carbocycles. The summed E-state index contributed by atoms with van der Waals surface area (Å²) in [5.74, 6) is 2.41. The van der Waals surface area contributed by atoms with Crippen LogP contribution in [-0.4, -0.2) is 24.8 Å². The van der Waals surface area contributed by atoms with E-state index in [-0.39, 0.29) is 17.0 Å². The highest BCUT2D eigenvalue weighted by Gasteiger charge is 2.06. The fourth-order valence-electron chi connectivity index (χ4n) is 0.866. The maximum Gasteiger partial charge on any atom is -0.0145 e. The van der Waals surface area contributed by atoms with Crippen LogP contribution in [0.2, 0.25) is 0 Å². The second-order valence-electron chi connectivity index (χ2n) is 2.56. The second kappa shape index (κ2) is 3.63. The van der Waals surface area contributed by atoms with Crippen molar-refractivity contribution < 1.29 is 0 Å². The molecular formula is C7H14BrP. The molecule has 1 aliphatic heterocycles. The van der Waals surface area contributed by atoms with Gasteiger partial charge in [-0.3, -0.25) is 0 Å². The average molecular weight is 209 g/mol. The molecule has 0 nitrogen and oxygen atoms in total. The van der Waals surface area contributed by atoms with Crippen molar-refractivity contribution in [2.45, 2.75) is 6.92 Å². The smallest absolute Gasteiger partial charge is 0.0145 e. The molecule has 0 radical (unpaired) electrons. The SMILES string of the molecule is Br.CCP1(C)=CC=CC1. The Hall–Kier alpha value is 0.520. The Bertz CT molecular complexity index is 158. The van der Waals surface area contributed by atoms with E-state index in [9.17, 15) is 0 Å². The molecule has 0 aromatic heterocycles. The first kappa shape index (κ1) is 9.52. The highest BCUT2D eigenvalue weighted by Crippen LogP contribution is 2.44. The van der Waals surface area contributed by atoms with Crippen LogP contribution in [0.15, 0.2) is 12.2 Å². The predicted octanol–water partition coefficient (Wildman–Crippen LogP) is 2.60. The molecule has 0 N–H and O–H groups in total. The van der Waals surface area contributed by atoms with E-state index in [4.69, 9.17) is 0 Å². The predicted molar refractivity (Wildman–Crippen MR) is 53.8 cm³/mol. The van der Waals surface area contributed by atoms with Crippen molar-refractivity contribution >= 4 is 29.7 Å². The maximum atomic E-state index is 2.41. The summed E-state index contributed by atoms with van der Waals surface area (Å²) in [6.07, 6.45) is 7.23. The minimum Gasteiger partial charge on any atom is -0.114 e. The first-order valence-electron chi connectivity index (χ1n) is 3.12. The van der Waals surface area contributed by atoms with Crippen LogP contribution in [0.4, 0.5) is 0 Å². The van der Waals surface area contributed by atoms with Crippen molar-refractivity contribution in [3.63, 3.8) is 0 Å². The molecule has 1 aliphatic rings. The van der Waals surface area contributed by atoms with E-state index in [2.05, 4.69) is 31.5 Å². The van der Waals surface area contributed by atoms with E-state index in [1.807, 2.05) is 0 Å². The molecule has 0 aliphatic carbocycles. The van der Waals surface area contributed by atoms with Gasteiger partial charge in [-0.1, -0.05) is 24.9 Å². The number of allylic oxidation sites excluding steroid dienone is 2. The topological polar surface area (TPSA) is 0 Å². The van der Waals surface area contributed by atoms with Crippen LogP contribution in [-0.2, 0) is 0 Å². The minimum absolute atomic E-state index is 0. The molecule has 0 saturated heterocycles. The summed E-state index contributed by atoms with van der Waals surface area (Å²) in [6.45, 7) is 4.16. The zero-order valence-corrected chi connectivity index (χ0v) is 8.61. The van der Waals surface area contributed by atoms with Crippen molar-refractivity contribution in [1.29, 1.82) is 0 Å². The quantitative estimate of drug-likeness (QED) is 0.582. The summed E-state index contributed by atoms with van der Waals surface area (Å²) in [4.78, 5) is 0. The van der Waals surface area contributed by atoms with Gasteiger partial charge in [0, 0.05) is 0 Å². The molecule has 0 spiro atoms. The molecule has 2 heteroatoms. The van der Waals surface area contributed by atoms with Gasteiger partial charge >= 0.3 is 0 Å². The van der Waals surface area contributed by atoms with Gasteiger partial charge in [-0.25, -0.2) is 0 Å². The molecule has 0 fully saturated rings. The van der Waals surface area contributed by atoms with Crippen molar-refractivity contribution in [3.05, 3.63) is 12.2 Å². The monoisotopic (exact) mass is 208 g/mol.